The summed E-state index contributed by atoms with van der Waals surface area (Å²) < 4.78 is 11.4. The van der Waals surface area contributed by atoms with Crippen LogP contribution in [0.5, 0.6) is 5.75 Å². The summed E-state index contributed by atoms with van der Waals surface area (Å²) in [6.45, 7) is 3.47. The van der Waals surface area contributed by atoms with Crippen LogP contribution in [0.15, 0.2) is 54.7 Å². The molecule has 146 valence electrons. The molecule has 2 heterocycles. The summed E-state index contributed by atoms with van der Waals surface area (Å²) >= 11 is 0. The molecule has 0 amide bonds. The summed E-state index contributed by atoms with van der Waals surface area (Å²) in [5.41, 5.74) is 2.46. The van der Waals surface area contributed by atoms with Crippen LogP contribution in [0.4, 0.5) is 5.82 Å². The van der Waals surface area contributed by atoms with Gasteiger partial charge in [0.25, 0.3) is 0 Å². The fourth-order valence-corrected chi connectivity index (χ4v) is 3.65. The standard InChI is InChI=1S/C23H27N3O2/c1-25(2)23-9-4-17(14-24-23)15-26-10-11-28-22(16-26)20-6-5-19-13-21(27-3)8-7-18(19)12-20/h4-9,12-14,22H,10-11,15-16H2,1-3H3. The quantitative estimate of drug-likeness (QED) is 0.675. The molecule has 1 saturated heterocycles. The molecular weight excluding hydrogens is 350 g/mol. The first-order valence-electron chi connectivity index (χ1n) is 9.66. The number of nitrogens with zero attached hydrogens (tertiary/aromatic N) is 3. The van der Waals surface area contributed by atoms with Gasteiger partial charge in [0.05, 0.1) is 19.8 Å². The molecule has 2 aromatic carbocycles. The van der Waals surface area contributed by atoms with Crippen LogP contribution in [0, 0.1) is 0 Å². The summed E-state index contributed by atoms with van der Waals surface area (Å²) in [4.78, 5) is 8.99. The van der Waals surface area contributed by atoms with Crippen molar-refractivity contribution in [1.29, 1.82) is 0 Å². The van der Waals surface area contributed by atoms with Crippen molar-refractivity contribution in [3.8, 4) is 5.75 Å². The molecule has 1 unspecified atom stereocenters. The molecule has 0 spiro atoms. The van der Waals surface area contributed by atoms with Gasteiger partial charge in [0.15, 0.2) is 0 Å². The lowest BCUT2D eigenvalue weighted by atomic mass is 10.0. The van der Waals surface area contributed by atoms with Crippen molar-refractivity contribution in [2.45, 2.75) is 12.6 Å². The average Bonchev–Trinajstić information content (AvgIpc) is 2.73. The SMILES string of the molecule is COc1ccc2cc(C3CN(Cc4ccc(N(C)C)nc4)CCO3)ccc2c1. The minimum atomic E-state index is 0.0919. The van der Waals surface area contributed by atoms with E-state index in [0.29, 0.717) is 0 Å². The number of rotatable bonds is 5. The van der Waals surface area contributed by atoms with Gasteiger partial charge in [-0.2, -0.15) is 0 Å². The highest BCUT2D eigenvalue weighted by Gasteiger charge is 2.22. The molecule has 0 aliphatic carbocycles. The summed E-state index contributed by atoms with van der Waals surface area (Å²) in [6, 6.07) is 17.0. The zero-order chi connectivity index (χ0) is 19.5. The van der Waals surface area contributed by atoms with Gasteiger partial charge >= 0.3 is 0 Å². The van der Waals surface area contributed by atoms with Crippen LogP contribution in [0.2, 0.25) is 0 Å². The molecule has 1 aliphatic heterocycles. The Morgan fingerprint density at radius 2 is 1.93 bits per heavy atom. The summed E-state index contributed by atoms with van der Waals surface area (Å²) in [5.74, 6) is 1.87. The number of ether oxygens (including phenoxy) is 2. The van der Waals surface area contributed by atoms with E-state index < -0.39 is 0 Å². The van der Waals surface area contributed by atoms with Gasteiger partial charge in [-0.05, 0) is 46.2 Å². The Morgan fingerprint density at radius 3 is 2.68 bits per heavy atom. The van der Waals surface area contributed by atoms with Crippen LogP contribution in [0.25, 0.3) is 10.8 Å². The summed E-state index contributed by atoms with van der Waals surface area (Å²) in [6.07, 6.45) is 2.07. The minimum absolute atomic E-state index is 0.0919. The number of methoxy groups -OCH3 is 1. The fraction of sp³-hybridized carbons (Fsp3) is 0.348. The lowest BCUT2D eigenvalue weighted by Crippen LogP contribution is -2.37. The van der Waals surface area contributed by atoms with E-state index in [1.54, 1.807) is 7.11 Å². The number of hydrogen-bond donors (Lipinski definition) is 0. The first-order valence-corrected chi connectivity index (χ1v) is 9.66. The Kier molecular flexibility index (Phi) is 5.46. The second-order valence-electron chi connectivity index (χ2n) is 7.49. The zero-order valence-corrected chi connectivity index (χ0v) is 16.8. The summed E-state index contributed by atoms with van der Waals surface area (Å²) in [7, 11) is 5.71. The monoisotopic (exact) mass is 377 g/mol. The Balaban J connectivity index is 1.46. The number of fused-ring (bicyclic) bond motifs is 1. The molecule has 28 heavy (non-hydrogen) atoms. The van der Waals surface area contributed by atoms with E-state index in [4.69, 9.17) is 9.47 Å². The molecule has 3 aromatic rings. The molecule has 5 nitrogen and oxygen atoms in total. The maximum atomic E-state index is 6.09. The van der Waals surface area contributed by atoms with E-state index >= 15 is 0 Å². The third kappa shape index (κ3) is 4.11. The molecule has 1 fully saturated rings. The van der Waals surface area contributed by atoms with Crippen LogP contribution < -0.4 is 9.64 Å². The topological polar surface area (TPSA) is 37.8 Å². The van der Waals surface area contributed by atoms with Crippen molar-refractivity contribution >= 4 is 16.6 Å². The van der Waals surface area contributed by atoms with Crippen LogP contribution >= 0.6 is 0 Å². The molecule has 0 N–H and O–H groups in total. The van der Waals surface area contributed by atoms with E-state index in [-0.39, 0.29) is 6.10 Å². The van der Waals surface area contributed by atoms with E-state index in [1.165, 1.54) is 21.9 Å². The van der Waals surface area contributed by atoms with Crippen LogP contribution in [0.1, 0.15) is 17.2 Å². The van der Waals surface area contributed by atoms with Crippen molar-refractivity contribution in [3.05, 3.63) is 65.9 Å². The largest absolute Gasteiger partial charge is 0.497 e. The van der Waals surface area contributed by atoms with E-state index in [0.717, 1.165) is 37.8 Å². The van der Waals surface area contributed by atoms with Gasteiger partial charge < -0.3 is 14.4 Å². The van der Waals surface area contributed by atoms with Crippen molar-refractivity contribution in [3.63, 3.8) is 0 Å². The number of pyridine rings is 1. The average molecular weight is 377 g/mol. The van der Waals surface area contributed by atoms with Crippen molar-refractivity contribution in [2.75, 3.05) is 45.8 Å². The highest BCUT2D eigenvalue weighted by atomic mass is 16.5. The van der Waals surface area contributed by atoms with E-state index in [9.17, 15) is 0 Å². The maximum Gasteiger partial charge on any atom is 0.127 e. The molecule has 0 radical (unpaired) electrons. The number of anilines is 1. The molecule has 0 saturated carbocycles. The molecule has 1 aliphatic rings. The minimum Gasteiger partial charge on any atom is -0.497 e. The lowest BCUT2D eigenvalue weighted by molar-refractivity contribution is -0.0328. The van der Waals surface area contributed by atoms with Gasteiger partial charge in [0.2, 0.25) is 0 Å². The molecule has 1 atom stereocenters. The molecule has 0 bridgehead atoms. The molecule has 1 aromatic heterocycles. The van der Waals surface area contributed by atoms with Crippen molar-refractivity contribution < 1.29 is 9.47 Å². The third-order valence-corrected chi connectivity index (χ3v) is 5.27. The van der Waals surface area contributed by atoms with Crippen molar-refractivity contribution in [2.24, 2.45) is 0 Å². The Bertz CT molecular complexity index is 940. The number of benzene rings is 2. The normalized spacial score (nSPS) is 17.6. The highest BCUT2D eigenvalue weighted by molar-refractivity contribution is 5.84. The number of aromatic nitrogens is 1. The molecule has 4 rings (SSSR count). The van der Waals surface area contributed by atoms with E-state index in [1.807, 2.05) is 31.3 Å². The Labute approximate surface area is 166 Å². The first kappa shape index (κ1) is 18.7. The molecule has 5 heteroatoms. The maximum absolute atomic E-state index is 6.09. The van der Waals surface area contributed by atoms with Crippen molar-refractivity contribution in [1.82, 2.24) is 9.88 Å². The highest BCUT2D eigenvalue weighted by Crippen LogP contribution is 2.28. The van der Waals surface area contributed by atoms with Gasteiger partial charge in [0.1, 0.15) is 11.6 Å². The number of morpholine rings is 1. The van der Waals surface area contributed by atoms with Crippen LogP contribution in [-0.2, 0) is 11.3 Å². The smallest absolute Gasteiger partial charge is 0.127 e. The van der Waals surface area contributed by atoms with Gasteiger partial charge in [0, 0.05) is 39.9 Å². The van der Waals surface area contributed by atoms with Gasteiger partial charge in [-0.3, -0.25) is 4.90 Å². The Morgan fingerprint density at radius 1 is 1.11 bits per heavy atom. The second-order valence-corrected chi connectivity index (χ2v) is 7.49. The lowest BCUT2D eigenvalue weighted by Gasteiger charge is -2.33. The van der Waals surface area contributed by atoms with Crippen LogP contribution in [-0.4, -0.2) is 50.8 Å². The fourth-order valence-electron chi connectivity index (χ4n) is 3.65. The summed E-state index contributed by atoms with van der Waals surface area (Å²) in [5, 5.41) is 2.39. The van der Waals surface area contributed by atoms with Gasteiger partial charge in [-0.25, -0.2) is 4.98 Å². The predicted molar refractivity (Wildman–Crippen MR) is 113 cm³/mol. The number of hydrogen-bond acceptors (Lipinski definition) is 5. The van der Waals surface area contributed by atoms with Crippen LogP contribution in [0.3, 0.4) is 0 Å². The molecular formula is C23H27N3O2. The predicted octanol–water partition coefficient (Wildman–Crippen LogP) is 3.88. The second kappa shape index (κ2) is 8.17. The first-order chi connectivity index (χ1) is 13.6. The third-order valence-electron chi connectivity index (χ3n) is 5.27. The zero-order valence-electron chi connectivity index (χ0n) is 16.8. The Hall–Kier alpha value is -2.63. The van der Waals surface area contributed by atoms with Gasteiger partial charge in [-0.15, -0.1) is 0 Å². The van der Waals surface area contributed by atoms with Gasteiger partial charge in [-0.1, -0.05) is 24.3 Å². The van der Waals surface area contributed by atoms with E-state index in [2.05, 4.69) is 52.3 Å².